The standard InChI is InChI=1S/C27H25N5O2/c1-18-4-8-22(9-5-18)29-26(33)24(27(34)30-23-10-6-19(2)7-11-23)16-21-17-32(3)31-25(21)20-12-14-28-15-13-20/h4-17H,1-3H3,(H,29,33)(H,30,34). The Hall–Kier alpha value is -4.52. The number of carbonyl (C=O) groups is 2. The minimum absolute atomic E-state index is 0.0375. The summed E-state index contributed by atoms with van der Waals surface area (Å²) in [7, 11) is 1.79. The molecule has 0 aliphatic rings. The Morgan fingerprint density at radius 3 is 1.79 bits per heavy atom. The van der Waals surface area contributed by atoms with Crippen molar-refractivity contribution in [1.82, 2.24) is 14.8 Å². The number of rotatable bonds is 6. The number of aromatic nitrogens is 3. The minimum atomic E-state index is -0.516. The molecule has 0 radical (unpaired) electrons. The molecule has 4 aromatic rings. The maximum absolute atomic E-state index is 13.3. The van der Waals surface area contributed by atoms with Crippen LogP contribution < -0.4 is 10.6 Å². The molecular formula is C27H25N5O2. The zero-order valence-corrected chi connectivity index (χ0v) is 19.2. The van der Waals surface area contributed by atoms with E-state index in [0.29, 0.717) is 22.6 Å². The molecule has 0 aliphatic heterocycles. The molecule has 2 amide bonds. The quantitative estimate of drug-likeness (QED) is 0.251. The van der Waals surface area contributed by atoms with E-state index < -0.39 is 11.8 Å². The Morgan fingerprint density at radius 2 is 1.29 bits per heavy atom. The van der Waals surface area contributed by atoms with E-state index in [9.17, 15) is 9.59 Å². The number of hydrogen-bond donors (Lipinski definition) is 2. The van der Waals surface area contributed by atoms with Crippen LogP contribution in [-0.4, -0.2) is 26.6 Å². The summed E-state index contributed by atoms with van der Waals surface area (Å²) in [6, 6.07) is 18.5. The summed E-state index contributed by atoms with van der Waals surface area (Å²) in [4.78, 5) is 30.6. The molecule has 2 aromatic carbocycles. The molecule has 4 rings (SSSR count). The molecule has 7 heteroatoms. The van der Waals surface area contributed by atoms with Crippen LogP contribution in [0.1, 0.15) is 16.7 Å². The van der Waals surface area contributed by atoms with E-state index in [1.165, 1.54) is 0 Å². The van der Waals surface area contributed by atoms with Crippen molar-refractivity contribution in [2.45, 2.75) is 13.8 Å². The SMILES string of the molecule is Cc1ccc(NC(=O)C(=Cc2cn(C)nc2-c2ccncc2)C(=O)Nc2ccc(C)cc2)cc1. The largest absolute Gasteiger partial charge is 0.322 e. The maximum Gasteiger partial charge on any atom is 0.261 e. The van der Waals surface area contributed by atoms with Crippen molar-refractivity contribution in [3.63, 3.8) is 0 Å². The second-order valence-corrected chi connectivity index (χ2v) is 8.04. The number of nitrogens with one attached hydrogen (secondary N) is 2. The Bertz CT molecular complexity index is 1280. The van der Waals surface area contributed by atoms with Gasteiger partial charge in [-0.2, -0.15) is 5.10 Å². The molecule has 0 spiro atoms. The Balaban J connectivity index is 1.72. The lowest BCUT2D eigenvalue weighted by Crippen LogP contribution is -2.25. The number of pyridine rings is 1. The second kappa shape index (κ2) is 9.95. The zero-order chi connectivity index (χ0) is 24.1. The third kappa shape index (κ3) is 5.45. The van der Waals surface area contributed by atoms with Gasteiger partial charge in [-0.15, -0.1) is 0 Å². The first-order chi connectivity index (χ1) is 16.4. The summed E-state index contributed by atoms with van der Waals surface area (Å²) < 4.78 is 1.65. The first kappa shape index (κ1) is 22.7. The monoisotopic (exact) mass is 451 g/mol. The number of amides is 2. The van der Waals surface area contributed by atoms with Crippen LogP contribution in [0.15, 0.2) is 84.8 Å². The van der Waals surface area contributed by atoms with Gasteiger partial charge in [0, 0.05) is 48.1 Å². The molecule has 0 bridgehead atoms. The van der Waals surface area contributed by atoms with Gasteiger partial charge in [0.15, 0.2) is 0 Å². The topological polar surface area (TPSA) is 88.9 Å². The van der Waals surface area contributed by atoms with Crippen molar-refractivity contribution < 1.29 is 9.59 Å². The van der Waals surface area contributed by atoms with Gasteiger partial charge in [-0.3, -0.25) is 19.3 Å². The zero-order valence-electron chi connectivity index (χ0n) is 19.2. The molecule has 0 unspecified atom stereocenters. The van der Waals surface area contributed by atoms with Gasteiger partial charge >= 0.3 is 0 Å². The number of nitrogens with zero attached hydrogens (tertiary/aromatic N) is 3. The summed E-state index contributed by atoms with van der Waals surface area (Å²) in [5.74, 6) is -1.03. The second-order valence-electron chi connectivity index (χ2n) is 8.04. The summed E-state index contributed by atoms with van der Waals surface area (Å²) in [6.45, 7) is 3.93. The van der Waals surface area contributed by atoms with E-state index in [-0.39, 0.29) is 5.57 Å². The third-order valence-corrected chi connectivity index (χ3v) is 5.22. The molecule has 170 valence electrons. The van der Waals surface area contributed by atoms with Crippen LogP contribution in [0.25, 0.3) is 17.3 Å². The molecule has 0 saturated carbocycles. The van der Waals surface area contributed by atoms with E-state index in [4.69, 9.17) is 0 Å². The lowest BCUT2D eigenvalue weighted by molar-refractivity contribution is -0.118. The molecule has 0 atom stereocenters. The molecule has 0 fully saturated rings. The van der Waals surface area contributed by atoms with Crippen molar-refractivity contribution in [3.05, 3.63) is 102 Å². The summed E-state index contributed by atoms with van der Waals surface area (Å²) in [5, 5.41) is 10.2. The number of carbonyl (C=O) groups excluding carboxylic acids is 2. The number of benzene rings is 2. The fourth-order valence-electron chi connectivity index (χ4n) is 3.41. The van der Waals surface area contributed by atoms with E-state index >= 15 is 0 Å². The van der Waals surface area contributed by atoms with Crippen LogP contribution in [0.3, 0.4) is 0 Å². The highest BCUT2D eigenvalue weighted by molar-refractivity contribution is 6.29. The predicted molar refractivity (Wildman–Crippen MR) is 134 cm³/mol. The van der Waals surface area contributed by atoms with E-state index in [0.717, 1.165) is 16.7 Å². The van der Waals surface area contributed by atoms with Gasteiger partial charge in [0.1, 0.15) is 5.57 Å². The van der Waals surface area contributed by atoms with Crippen LogP contribution in [0.4, 0.5) is 11.4 Å². The molecule has 7 nitrogen and oxygen atoms in total. The molecule has 34 heavy (non-hydrogen) atoms. The van der Waals surface area contributed by atoms with Crippen molar-refractivity contribution >= 4 is 29.3 Å². The summed E-state index contributed by atoms with van der Waals surface area (Å²) in [6.07, 6.45) is 6.68. The lowest BCUT2D eigenvalue weighted by atomic mass is 10.1. The Labute approximate surface area is 198 Å². The Kier molecular flexibility index (Phi) is 6.64. The molecule has 0 saturated heterocycles. The Morgan fingerprint density at radius 1 is 0.794 bits per heavy atom. The number of anilines is 2. The van der Waals surface area contributed by atoms with Gasteiger partial charge < -0.3 is 10.6 Å². The fourth-order valence-corrected chi connectivity index (χ4v) is 3.41. The van der Waals surface area contributed by atoms with Crippen molar-refractivity contribution in [2.24, 2.45) is 7.05 Å². The molecule has 2 N–H and O–H groups in total. The number of aryl methyl sites for hydroxylation is 3. The van der Waals surface area contributed by atoms with Crippen LogP contribution in [0.2, 0.25) is 0 Å². The van der Waals surface area contributed by atoms with Gasteiger partial charge in [-0.25, -0.2) is 0 Å². The first-order valence-corrected chi connectivity index (χ1v) is 10.8. The minimum Gasteiger partial charge on any atom is -0.322 e. The molecule has 2 aromatic heterocycles. The van der Waals surface area contributed by atoms with Gasteiger partial charge in [0.25, 0.3) is 11.8 Å². The van der Waals surface area contributed by atoms with Crippen LogP contribution in [0.5, 0.6) is 0 Å². The van der Waals surface area contributed by atoms with Crippen molar-refractivity contribution in [1.29, 1.82) is 0 Å². The third-order valence-electron chi connectivity index (χ3n) is 5.22. The summed E-state index contributed by atoms with van der Waals surface area (Å²) >= 11 is 0. The predicted octanol–water partition coefficient (Wildman–Crippen LogP) is 4.76. The molecular weight excluding hydrogens is 426 g/mol. The van der Waals surface area contributed by atoms with E-state index in [2.05, 4.69) is 20.7 Å². The van der Waals surface area contributed by atoms with Gasteiger partial charge in [-0.05, 0) is 56.3 Å². The first-order valence-electron chi connectivity index (χ1n) is 10.8. The highest BCUT2D eigenvalue weighted by Crippen LogP contribution is 2.24. The average Bonchev–Trinajstić information content (AvgIpc) is 3.21. The van der Waals surface area contributed by atoms with Crippen molar-refractivity contribution in [2.75, 3.05) is 10.6 Å². The molecule has 0 aliphatic carbocycles. The average molecular weight is 452 g/mol. The fraction of sp³-hybridized carbons (Fsp3) is 0.111. The molecule has 2 heterocycles. The van der Waals surface area contributed by atoms with E-state index in [1.54, 1.807) is 60.7 Å². The lowest BCUT2D eigenvalue weighted by Gasteiger charge is -2.11. The van der Waals surface area contributed by atoms with Gasteiger partial charge in [0.05, 0.1) is 5.69 Å². The van der Waals surface area contributed by atoms with Gasteiger partial charge in [-0.1, -0.05) is 35.4 Å². The summed E-state index contributed by atoms with van der Waals surface area (Å²) in [5.41, 5.74) is 5.43. The number of hydrogen-bond acceptors (Lipinski definition) is 4. The van der Waals surface area contributed by atoms with E-state index in [1.807, 2.05) is 50.2 Å². The highest BCUT2D eigenvalue weighted by atomic mass is 16.2. The van der Waals surface area contributed by atoms with Crippen LogP contribution >= 0.6 is 0 Å². The van der Waals surface area contributed by atoms with Crippen LogP contribution in [-0.2, 0) is 16.6 Å². The van der Waals surface area contributed by atoms with Crippen LogP contribution in [0, 0.1) is 13.8 Å². The highest BCUT2D eigenvalue weighted by Gasteiger charge is 2.21. The maximum atomic E-state index is 13.3. The van der Waals surface area contributed by atoms with Gasteiger partial charge in [0.2, 0.25) is 0 Å². The normalized spacial score (nSPS) is 10.4. The smallest absolute Gasteiger partial charge is 0.261 e. The van der Waals surface area contributed by atoms with Crippen molar-refractivity contribution in [3.8, 4) is 11.3 Å².